The largest absolute Gasteiger partial charge is 0.441 e. The summed E-state index contributed by atoms with van der Waals surface area (Å²) in [5, 5.41) is 0. The lowest BCUT2D eigenvalue weighted by atomic mass is 9.84. The molecular formula is C23H28N2O2S. The summed E-state index contributed by atoms with van der Waals surface area (Å²) in [6, 6.07) is 8.28. The van der Waals surface area contributed by atoms with Gasteiger partial charge in [0.25, 0.3) is 0 Å². The molecule has 0 bridgehead atoms. The molecule has 4 nitrogen and oxygen atoms in total. The van der Waals surface area contributed by atoms with E-state index in [0.29, 0.717) is 18.6 Å². The van der Waals surface area contributed by atoms with Crippen LogP contribution in [0.1, 0.15) is 54.0 Å². The lowest BCUT2D eigenvalue weighted by Crippen LogP contribution is -2.23. The van der Waals surface area contributed by atoms with E-state index in [1.54, 1.807) is 11.3 Å². The van der Waals surface area contributed by atoms with Crippen molar-refractivity contribution in [1.82, 2.24) is 9.97 Å². The van der Waals surface area contributed by atoms with Crippen molar-refractivity contribution in [2.75, 3.05) is 0 Å². The molecule has 3 aromatic rings. The first kappa shape index (κ1) is 19.3. The number of ether oxygens (including phenoxy) is 1. The molecular weight excluding hydrogens is 368 g/mol. The number of aryl methyl sites for hydroxylation is 3. The summed E-state index contributed by atoms with van der Waals surface area (Å²) < 4.78 is 12.1. The van der Waals surface area contributed by atoms with Crippen LogP contribution in [0, 0.1) is 19.8 Å². The standard InChI is InChI=1S/C23H28N2O2S/c1-16-6-9-19(10-7-16)23-25-22(17(2)27-23)14-26-20-5-3-4-18(12-20)8-11-21-13-24-15-28-21/h6-7,9-10,13,15,18,20H,3-5,8,11-12,14H2,1-2H3/t18-,20-/m1/s1. The number of nitrogens with zero attached hydrogens (tertiary/aromatic N) is 2. The van der Waals surface area contributed by atoms with Crippen molar-refractivity contribution in [3.8, 4) is 11.5 Å². The van der Waals surface area contributed by atoms with Crippen LogP contribution in [0.5, 0.6) is 0 Å². The topological polar surface area (TPSA) is 48.2 Å². The molecule has 1 aliphatic carbocycles. The highest BCUT2D eigenvalue weighted by Gasteiger charge is 2.23. The molecule has 0 N–H and O–H groups in total. The van der Waals surface area contributed by atoms with Crippen molar-refractivity contribution in [3.05, 3.63) is 57.9 Å². The van der Waals surface area contributed by atoms with E-state index in [4.69, 9.17) is 9.15 Å². The van der Waals surface area contributed by atoms with Crippen molar-refractivity contribution in [2.45, 2.75) is 65.1 Å². The highest BCUT2D eigenvalue weighted by Crippen LogP contribution is 2.31. The number of thiazole rings is 1. The van der Waals surface area contributed by atoms with Gasteiger partial charge in [-0.1, -0.05) is 30.5 Å². The number of oxazole rings is 1. The van der Waals surface area contributed by atoms with E-state index in [-0.39, 0.29) is 0 Å². The van der Waals surface area contributed by atoms with Crippen molar-refractivity contribution in [3.63, 3.8) is 0 Å². The molecule has 2 atom stereocenters. The van der Waals surface area contributed by atoms with Crippen LogP contribution in [0.2, 0.25) is 0 Å². The van der Waals surface area contributed by atoms with Crippen molar-refractivity contribution in [2.24, 2.45) is 5.92 Å². The predicted molar refractivity (Wildman–Crippen MR) is 112 cm³/mol. The fraction of sp³-hybridized carbons (Fsp3) is 0.478. The highest BCUT2D eigenvalue weighted by molar-refractivity contribution is 7.09. The maximum absolute atomic E-state index is 6.25. The molecule has 148 valence electrons. The number of hydrogen-bond acceptors (Lipinski definition) is 5. The molecule has 2 heterocycles. The first-order valence-electron chi connectivity index (χ1n) is 10.2. The quantitative estimate of drug-likeness (QED) is 0.482. The van der Waals surface area contributed by atoms with E-state index in [9.17, 15) is 0 Å². The van der Waals surface area contributed by atoms with Gasteiger partial charge in [0.1, 0.15) is 11.5 Å². The molecule has 1 aliphatic rings. The van der Waals surface area contributed by atoms with Crippen molar-refractivity contribution >= 4 is 11.3 Å². The van der Waals surface area contributed by atoms with Crippen LogP contribution in [0.15, 0.2) is 40.4 Å². The molecule has 0 unspecified atom stereocenters. The lowest BCUT2D eigenvalue weighted by molar-refractivity contribution is -0.000485. The van der Waals surface area contributed by atoms with Crippen molar-refractivity contribution in [1.29, 1.82) is 0 Å². The molecule has 28 heavy (non-hydrogen) atoms. The fourth-order valence-electron chi connectivity index (χ4n) is 3.95. The molecule has 2 aromatic heterocycles. The first-order chi connectivity index (χ1) is 13.7. The predicted octanol–water partition coefficient (Wildman–Crippen LogP) is 6.12. The van der Waals surface area contributed by atoms with Crippen LogP contribution in [-0.2, 0) is 17.8 Å². The van der Waals surface area contributed by atoms with E-state index < -0.39 is 0 Å². The van der Waals surface area contributed by atoms with E-state index in [2.05, 4.69) is 41.2 Å². The van der Waals surface area contributed by atoms with Crippen LogP contribution in [0.25, 0.3) is 11.5 Å². The number of rotatable bonds is 7. The maximum Gasteiger partial charge on any atom is 0.226 e. The molecule has 0 amide bonds. The minimum atomic E-state index is 0.333. The van der Waals surface area contributed by atoms with Gasteiger partial charge in [-0.3, -0.25) is 4.98 Å². The summed E-state index contributed by atoms with van der Waals surface area (Å²) in [6.45, 7) is 4.59. The fourth-order valence-corrected chi connectivity index (χ4v) is 4.56. The first-order valence-corrected chi connectivity index (χ1v) is 11.1. The number of hydrogen-bond donors (Lipinski definition) is 0. The van der Waals surface area contributed by atoms with Gasteiger partial charge in [-0.05, 0) is 57.6 Å². The van der Waals surface area contributed by atoms with Crippen LogP contribution >= 0.6 is 11.3 Å². The molecule has 4 rings (SSSR count). The maximum atomic E-state index is 6.25. The summed E-state index contributed by atoms with van der Waals surface area (Å²) in [7, 11) is 0. The molecule has 0 aliphatic heterocycles. The highest BCUT2D eigenvalue weighted by atomic mass is 32.1. The normalized spacial score (nSPS) is 19.8. The molecule has 1 aromatic carbocycles. The average Bonchev–Trinajstić information content (AvgIpc) is 3.35. The van der Waals surface area contributed by atoms with Crippen LogP contribution in [0.4, 0.5) is 0 Å². The Morgan fingerprint density at radius 3 is 2.82 bits per heavy atom. The molecule has 0 radical (unpaired) electrons. The zero-order chi connectivity index (χ0) is 19.3. The minimum absolute atomic E-state index is 0.333. The van der Waals surface area contributed by atoms with Gasteiger partial charge >= 0.3 is 0 Å². The van der Waals surface area contributed by atoms with E-state index in [1.807, 2.05) is 18.6 Å². The number of aromatic nitrogens is 2. The Bertz CT molecular complexity index is 871. The van der Waals surface area contributed by atoms with Gasteiger partial charge in [0.2, 0.25) is 5.89 Å². The van der Waals surface area contributed by atoms with Gasteiger partial charge < -0.3 is 9.15 Å². The summed E-state index contributed by atoms with van der Waals surface area (Å²) in [5.41, 5.74) is 5.09. The molecule has 1 fully saturated rings. The third-order valence-corrected chi connectivity index (χ3v) is 6.50. The van der Waals surface area contributed by atoms with Gasteiger partial charge in [0.15, 0.2) is 0 Å². The second kappa shape index (κ2) is 9.01. The average molecular weight is 397 g/mol. The molecule has 0 saturated heterocycles. The van der Waals surface area contributed by atoms with E-state index in [0.717, 1.165) is 42.2 Å². The van der Waals surface area contributed by atoms with Gasteiger partial charge in [-0.2, -0.15) is 0 Å². The minimum Gasteiger partial charge on any atom is -0.441 e. The molecule has 0 spiro atoms. The van der Waals surface area contributed by atoms with E-state index >= 15 is 0 Å². The lowest BCUT2D eigenvalue weighted by Gasteiger charge is -2.29. The van der Waals surface area contributed by atoms with Crippen LogP contribution < -0.4 is 0 Å². The Kier molecular flexibility index (Phi) is 6.23. The zero-order valence-electron chi connectivity index (χ0n) is 16.7. The summed E-state index contributed by atoms with van der Waals surface area (Å²) in [6.07, 6.45) is 9.59. The molecule has 5 heteroatoms. The van der Waals surface area contributed by atoms with Crippen LogP contribution in [0.3, 0.4) is 0 Å². The van der Waals surface area contributed by atoms with Gasteiger partial charge in [-0.25, -0.2) is 4.98 Å². The Hall–Kier alpha value is -1.98. The third kappa shape index (κ3) is 4.89. The van der Waals surface area contributed by atoms with Gasteiger partial charge in [-0.15, -0.1) is 11.3 Å². The Morgan fingerprint density at radius 2 is 2.04 bits per heavy atom. The Balaban J connectivity index is 1.30. The zero-order valence-corrected chi connectivity index (χ0v) is 17.5. The van der Waals surface area contributed by atoms with Crippen LogP contribution in [-0.4, -0.2) is 16.1 Å². The van der Waals surface area contributed by atoms with E-state index in [1.165, 1.54) is 29.7 Å². The van der Waals surface area contributed by atoms with Gasteiger partial charge in [0.05, 0.1) is 18.2 Å². The second-order valence-corrected chi connectivity index (χ2v) is 8.83. The SMILES string of the molecule is Cc1ccc(-c2nc(CO[C@@H]3CCC[C@H](CCc4cncs4)C3)c(C)o2)cc1. The molecule has 1 saturated carbocycles. The Morgan fingerprint density at radius 1 is 1.18 bits per heavy atom. The summed E-state index contributed by atoms with van der Waals surface area (Å²) >= 11 is 1.76. The third-order valence-electron chi connectivity index (χ3n) is 5.66. The van der Waals surface area contributed by atoms with Gasteiger partial charge in [0, 0.05) is 16.6 Å². The Labute approximate surface area is 171 Å². The smallest absolute Gasteiger partial charge is 0.226 e. The summed E-state index contributed by atoms with van der Waals surface area (Å²) in [4.78, 5) is 10.3. The summed E-state index contributed by atoms with van der Waals surface area (Å²) in [5.74, 6) is 2.29. The monoisotopic (exact) mass is 396 g/mol. The second-order valence-electron chi connectivity index (χ2n) is 7.86. The van der Waals surface area contributed by atoms with Crippen molar-refractivity contribution < 1.29 is 9.15 Å². The number of benzene rings is 1.